The lowest BCUT2D eigenvalue weighted by molar-refractivity contribution is -0.930. The number of carbonyl (C=O) groups is 1. The maximum absolute atomic E-state index is 13.7. The molecule has 1 unspecified atom stereocenters. The van der Waals surface area contributed by atoms with Crippen LogP contribution in [0.15, 0.2) is 36.4 Å². The van der Waals surface area contributed by atoms with Crippen molar-refractivity contribution >= 4 is 17.3 Å². The van der Waals surface area contributed by atoms with Crippen molar-refractivity contribution < 1.29 is 33.6 Å². The molecule has 2 aromatic carbocycles. The topological polar surface area (TPSA) is 114 Å². The predicted molar refractivity (Wildman–Crippen MR) is 126 cm³/mol. The van der Waals surface area contributed by atoms with Gasteiger partial charge in [-0.15, -0.1) is 0 Å². The highest BCUT2D eigenvalue weighted by molar-refractivity contribution is 5.95. The minimum Gasteiger partial charge on any atom is -0.454 e. The summed E-state index contributed by atoms with van der Waals surface area (Å²) in [5.41, 5.74) is 1.94. The molecule has 1 spiro atoms. The molecule has 1 amide bonds. The SMILES string of the molecule is CC(C)c1ccc(NC(=O)C(c2cc3c(cc2[N+](=O)[O-])OCO3)[NH+]2CCC3(CC2)OCCO3)cc1. The van der Waals surface area contributed by atoms with E-state index in [-0.39, 0.29) is 18.4 Å². The van der Waals surface area contributed by atoms with E-state index in [1.807, 2.05) is 24.3 Å². The Balaban J connectivity index is 1.47. The van der Waals surface area contributed by atoms with Crippen LogP contribution < -0.4 is 19.7 Å². The zero-order chi connectivity index (χ0) is 24.6. The highest BCUT2D eigenvalue weighted by atomic mass is 16.7. The lowest BCUT2D eigenvalue weighted by atomic mass is 9.96. The molecule has 35 heavy (non-hydrogen) atoms. The molecule has 1 atom stereocenters. The average Bonchev–Trinajstić information content (AvgIpc) is 3.49. The summed E-state index contributed by atoms with van der Waals surface area (Å²) in [6.45, 7) is 6.44. The molecule has 0 aliphatic carbocycles. The Kier molecular flexibility index (Phi) is 6.35. The summed E-state index contributed by atoms with van der Waals surface area (Å²) in [6, 6.07) is 9.77. The third kappa shape index (κ3) is 4.69. The molecule has 0 radical (unpaired) electrons. The van der Waals surface area contributed by atoms with E-state index in [2.05, 4.69) is 19.2 Å². The number of rotatable bonds is 6. The predicted octanol–water partition coefficient (Wildman–Crippen LogP) is 2.55. The molecule has 0 aromatic heterocycles. The number of piperidine rings is 1. The summed E-state index contributed by atoms with van der Waals surface area (Å²) in [5, 5.41) is 15.0. The van der Waals surface area contributed by atoms with Crippen molar-refractivity contribution in [2.75, 3.05) is 38.4 Å². The highest BCUT2D eigenvalue weighted by Crippen LogP contribution is 2.40. The van der Waals surface area contributed by atoms with Gasteiger partial charge in [0.2, 0.25) is 6.79 Å². The van der Waals surface area contributed by atoms with E-state index in [1.165, 1.54) is 6.07 Å². The van der Waals surface area contributed by atoms with Crippen LogP contribution in [0.25, 0.3) is 0 Å². The molecule has 2 saturated heterocycles. The second kappa shape index (κ2) is 9.44. The Bertz CT molecular complexity index is 1100. The standard InChI is InChI=1S/C25H29N3O7/c1-16(2)17-3-5-18(6-4-17)26-24(29)23(27-9-7-25(8-10-27)34-11-12-35-25)19-13-21-22(33-15-32-21)14-20(19)28(30)31/h3-6,13-14,16,23H,7-12,15H2,1-2H3,(H,26,29)/p+1. The summed E-state index contributed by atoms with van der Waals surface area (Å²) >= 11 is 0. The molecule has 5 rings (SSSR count). The van der Waals surface area contributed by atoms with E-state index in [4.69, 9.17) is 18.9 Å². The average molecular weight is 485 g/mol. The zero-order valence-corrected chi connectivity index (χ0v) is 19.9. The van der Waals surface area contributed by atoms with Gasteiger partial charge in [0.25, 0.3) is 11.6 Å². The number of quaternary nitrogens is 1. The van der Waals surface area contributed by atoms with Gasteiger partial charge < -0.3 is 29.2 Å². The summed E-state index contributed by atoms with van der Waals surface area (Å²) < 4.78 is 22.5. The van der Waals surface area contributed by atoms with Crippen LogP contribution in [0.2, 0.25) is 0 Å². The maximum Gasteiger partial charge on any atom is 0.287 e. The highest BCUT2D eigenvalue weighted by Gasteiger charge is 2.47. The van der Waals surface area contributed by atoms with Crippen molar-refractivity contribution in [1.82, 2.24) is 0 Å². The number of hydrogen-bond donors (Lipinski definition) is 2. The molecule has 3 aliphatic rings. The number of nitrogens with zero attached hydrogens (tertiary/aromatic N) is 1. The normalized spacial score (nSPS) is 19.7. The summed E-state index contributed by atoms with van der Waals surface area (Å²) in [4.78, 5) is 26.2. The molecule has 186 valence electrons. The van der Waals surface area contributed by atoms with Crippen LogP contribution in [0.3, 0.4) is 0 Å². The number of fused-ring (bicyclic) bond motifs is 1. The molecule has 2 fully saturated rings. The first-order chi connectivity index (χ1) is 16.8. The molecule has 2 aromatic rings. The van der Waals surface area contributed by atoms with Gasteiger partial charge in [-0.2, -0.15) is 0 Å². The minimum atomic E-state index is -0.826. The largest absolute Gasteiger partial charge is 0.454 e. The molecular weight excluding hydrogens is 454 g/mol. The number of nitro groups is 1. The summed E-state index contributed by atoms with van der Waals surface area (Å²) in [6.07, 6.45) is 1.21. The number of ether oxygens (including phenoxy) is 4. The molecule has 2 N–H and O–H groups in total. The fraction of sp³-hybridized carbons (Fsp3) is 0.480. The van der Waals surface area contributed by atoms with Crippen molar-refractivity contribution in [3.05, 3.63) is 57.6 Å². The van der Waals surface area contributed by atoms with Crippen molar-refractivity contribution in [3.8, 4) is 11.5 Å². The molecule has 0 saturated carbocycles. The fourth-order valence-electron chi connectivity index (χ4n) is 5.07. The van der Waals surface area contributed by atoms with Crippen molar-refractivity contribution in [1.29, 1.82) is 0 Å². The second-order valence-corrected chi connectivity index (χ2v) is 9.49. The molecule has 0 bridgehead atoms. The van der Waals surface area contributed by atoms with Gasteiger partial charge in [0.1, 0.15) is 5.56 Å². The van der Waals surface area contributed by atoms with Crippen molar-refractivity contribution in [2.45, 2.75) is 44.4 Å². The second-order valence-electron chi connectivity index (χ2n) is 9.49. The number of benzene rings is 2. The van der Waals surface area contributed by atoms with Crippen LogP contribution in [-0.4, -0.2) is 49.7 Å². The number of likely N-dealkylation sites (tertiary alicyclic amines) is 1. The lowest BCUT2D eigenvalue weighted by Gasteiger charge is -2.38. The summed E-state index contributed by atoms with van der Waals surface area (Å²) in [5.74, 6) is 0.152. The number of hydrogen-bond acceptors (Lipinski definition) is 7. The van der Waals surface area contributed by atoms with Gasteiger partial charge in [0.05, 0.1) is 50.1 Å². The van der Waals surface area contributed by atoms with Crippen LogP contribution in [0, 0.1) is 10.1 Å². The van der Waals surface area contributed by atoms with Crippen LogP contribution in [-0.2, 0) is 14.3 Å². The molecule has 10 heteroatoms. The van der Waals surface area contributed by atoms with Gasteiger partial charge >= 0.3 is 0 Å². The molecule has 10 nitrogen and oxygen atoms in total. The van der Waals surface area contributed by atoms with E-state index >= 15 is 0 Å². The van der Waals surface area contributed by atoms with Crippen LogP contribution in [0.5, 0.6) is 11.5 Å². The van der Waals surface area contributed by atoms with E-state index in [1.54, 1.807) is 6.07 Å². The smallest absolute Gasteiger partial charge is 0.287 e. The van der Waals surface area contributed by atoms with E-state index < -0.39 is 16.8 Å². The number of amides is 1. The number of nitro benzene ring substituents is 1. The maximum atomic E-state index is 13.7. The van der Waals surface area contributed by atoms with Gasteiger partial charge in [-0.05, 0) is 23.6 Å². The van der Waals surface area contributed by atoms with Crippen molar-refractivity contribution in [2.24, 2.45) is 0 Å². The minimum absolute atomic E-state index is 0.0111. The van der Waals surface area contributed by atoms with Gasteiger partial charge in [-0.3, -0.25) is 14.9 Å². The van der Waals surface area contributed by atoms with Crippen LogP contribution in [0.4, 0.5) is 11.4 Å². The third-order valence-electron chi connectivity index (χ3n) is 7.01. The van der Waals surface area contributed by atoms with Crippen molar-refractivity contribution in [3.63, 3.8) is 0 Å². The summed E-state index contributed by atoms with van der Waals surface area (Å²) in [7, 11) is 0. The Hall–Kier alpha value is -3.21. The number of carbonyl (C=O) groups excluding carboxylic acids is 1. The quantitative estimate of drug-likeness (QED) is 0.479. The van der Waals surface area contributed by atoms with E-state index in [0.717, 1.165) is 10.5 Å². The van der Waals surface area contributed by atoms with Gasteiger partial charge in [0, 0.05) is 11.8 Å². The Labute approximate surface area is 203 Å². The van der Waals surface area contributed by atoms with Gasteiger partial charge in [0.15, 0.2) is 23.3 Å². The monoisotopic (exact) mass is 484 g/mol. The van der Waals surface area contributed by atoms with Crippen LogP contribution >= 0.6 is 0 Å². The molecule has 3 aliphatic heterocycles. The lowest BCUT2D eigenvalue weighted by Crippen LogP contribution is -3.15. The number of anilines is 1. The van der Waals surface area contributed by atoms with Crippen LogP contribution in [0.1, 0.15) is 49.8 Å². The van der Waals surface area contributed by atoms with Gasteiger partial charge in [-0.25, -0.2) is 0 Å². The first-order valence-corrected chi connectivity index (χ1v) is 12.0. The Morgan fingerprint density at radius 2 is 1.69 bits per heavy atom. The molecular formula is C25H30N3O7+. The zero-order valence-electron chi connectivity index (χ0n) is 19.9. The van der Waals surface area contributed by atoms with E-state index in [9.17, 15) is 14.9 Å². The Morgan fingerprint density at radius 3 is 2.29 bits per heavy atom. The third-order valence-corrected chi connectivity index (χ3v) is 7.01. The molecule has 3 heterocycles. The number of nitrogens with one attached hydrogen (secondary N) is 2. The Morgan fingerprint density at radius 1 is 1.06 bits per heavy atom. The van der Waals surface area contributed by atoms with E-state index in [0.29, 0.717) is 67.8 Å². The first-order valence-electron chi connectivity index (χ1n) is 12.0. The van der Waals surface area contributed by atoms with Gasteiger partial charge in [-0.1, -0.05) is 26.0 Å². The fourth-order valence-corrected chi connectivity index (χ4v) is 5.07. The first kappa shape index (κ1) is 23.5.